The van der Waals surface area contributed by atoms with Crippen LogP contribution in [-0.2, 0) is 15.6 Å². The van der Waals surface area contributed by atoms with Crippen LogP contribution in [0.5, 0.6) is 0 Å². The molecule has 0 aromatic heterocycles. The van der Waals surface area contributed by atoms with Crippen LogP contribution in [0.15, 0.2) is 28.7 Å². The Hall–Kier alpha value is -0.560. The molecule has 0 unspecified atom stereocenters. The van der Waals surface area contributed by atoms with E-state index in [1.54, 1.807) is 6.07 Å². The first-order chi connectivity index (χ1) is 6.74. The van der Waals surface area contributed by atoms with Gasteiger partial charge >= 0.3 is 5.51 Å². The number of benzene rings is 1. The lowest BCUT2D eigenvalue weighted by Crippen LogP contribution is -2.24. The van der Waals surface area contributed by atoms with Crippen molar-refractivity contribution in [1.82, 2.24) is 0 Å². The van der Waals surface area contributed by atoms with Crippen molar-refractivity contribution in [3.8, 4) is 0 Å². The molecule has 0 bridgehead atoms. The Labute approximate surface area is 93.2 Å². The Balaban J connectivity index is 3.03. The molecule has 1 rings (SSSR count). The number of hydrogen-bond acceptors (Lipinski definition) is 2. The van der Waals surface area contributed by atoms with E-state index in [1.807, 2.05) is 0 Å². The van der Waals surface area contributed by atoms with Gasteiger partial charge in [0.25, 0.3) is 9.84 Å². The molecule has 84 valence electrons. The van der Waals surface area contributed by atoms with Gasteiger partial charge < -0.3 is 0 Å². The zero-order chi connectivity index (χ0) is 11.7. The van der Waals surface area contributed by atoms with Gasteiger partial charge in [0.1, 0.15) is 0 Å². The van der Waals surface area contributed by atoms with Gasteiger partial charge in [-0.1, -0.05) is 34.1 Å². The average molecular weight is 303 g/mol. The maximum atomic E-state index is 12.0. The molecule has 7 heteroatoms. The summed E-state index contributed by atoms with van der Waals surface area (Å²) in [5.41, 5.74) is -5.11. The zero-order valence-corrected chi connectivity index (χ0v) is 9.66. The highest BCUT2D eigenvalue weighted by Gasteiger charge is 2.45. The Morgan fingerprint density at radius 3 is 2.20 bits per heavy atom. The van der Waals surface area contributed by atoms with Crippen molar-refractivity contribution < 1.29 is 21.6 Å². The molecule has 0 saturated carbocycles. The van der Waals surface area contributed by atoms with E-state index >= 15 is 0 Å². The second kappa shape index (κ2) is 4.13. The van der Waals surface area contributed by atoms with Crippen molar-refractivity contribution in [1.29, 1.82) is 0 Å². The molecular weight excluding hydrogens is 297 g/mol. The van der Waals surface area contributed by atoms with Gasteiger partial charge in [0.15, 0.2) is 0 Å². The minimum atomic E-state index is -5.21. The zero-order valence-electron chi connectivity index (χ0n) is 7.25. The first-order valence-corrected chi connectivity index (χ1v) is 6.21. The molecule has 1 aromatic carbocycles. The van der Waals surface area contributed by atoms with Gasteiger partial charge in [0.05, 0.1) is 5.75 Å². The van der Waals surface area contributed by atoms with Crippen LogP contribution in [0.3, 0.4) is 0 Å². The van der Waals surface area contributed by atoms with E-state index in [4.69, 9.17) is 0 Å². The fourth-order valence-electron chi connectivity index (χ4n) is 0.902. The van der Waals surface area contributed by atoms with Crippen molar-refractivity contribution in [3.63, 3.8) is 0 Å². The van der Waals surface area contributed by atoms with Crippen LogP contribution in [0.25, 0.3) is 0 Å². The molecule has 0 aliphatic carbocycles. The van der Waals surface area contributed by atoms with Crippen LogP contribution in [-0.4, -0.2) is 13.9 Å². The summed E-state index contributed by atoms with van der Waals surface area (Å²) in [6, 6.07) is 5.88. The third-order valence-corrected chi connectivity index (χ3v) is 3.83. The predicted octanol–water partition coefficient (Wildman–Crippen LogP) is 2.88. The second-order valence-electron chi connectivity index (χ2n) is 2.80. The second-order valence-corrected chi connectivity index (χ2v) is 5.63. The van der Waals surface area contributed by atoms with E-state index in [1.165, 1.54) is 18.2 Å². The van der Waals surface area contributed by atoms with E-state index in [0.29, 0.717) is 4.47 Å². The van der Waals surface area contributed by atoms with Gasteiger partial charge in [-0.2, -0.15) is 13.2 Å². The molecule has 0 atom stereocenters. The number of hydrogen-bond donors (Lipinski definition) is 0. The molecule has 0 N–H and O–H groups in total. The van der Waals surface area contributed by atoms with Crippen molar-refractivity contribution in [2.75, 3.05) is 0 Å². The largest absolute Gasteiger partial charge is 0.497 e. The molecule has 0 amide bonds. The minimum absolute atomic E-state index is 0.0924. The summed E-state index contributed by atoms with van der Waals surface area (Å²) in [5.74, 6) is -1.04. The number of sulfone groups is 1. The molecule has 0 fully saturated rings. The lowest BCUT2D eigenvalue weighted by Gasteiger charge is -2.08. The summed E-state index contributed by atoms with van der Waals surface area (Å²) >= 11 is 2.98. The third-order valence-electron chi connectivity index (χ3n) is 1.66. The van der Waals surface area contributed by atoms with E-state index in [-0.39, 0.29) is 5.56 Å². The van der Waals surface area contributed by atoms with Crippen molar-refractivity contribution in [2.45, 2.75) is 11.3 Å². The summed E-state index contributed by atoms with van der Waals surface area (Å²) in [4.78, 5) is 0. The van der Waals surface area contributed by atoms with Crippen LogP contribution >= 0.6 is 15.9 Å². The van der Waals surface area contributed by atoms with E-state index in [0.717, 1.165) is 0 Å². The fraction of sp³-hybridized carbons (Fsp3) is 0.250. The standard InChI is InChI=1S/C8H6BrF3O2S/c9-7-4-2-1-3-6(7)5-15(13,14)8(10,11)12/h1-4H,5H2. The molecule has 0 aliphatic rings. The Kier molecular flexibility index (Phi) is 3.44. The minimum Gasteiger partial charge on any atom is -0.219 e. The molecule has 0 saturated heterocycles. The van der Waals surface area contributed by atoms with Gasteiger partial charge in [-0.05, 0) is 11.6 Å². The van der Waals surface area contributed by atoms with Crippen molar-refractivity contribution in [2.24, 2.45) is 0 Å². The van der Waals surface area contributed by atoms with Crippen LogP contribution < -0.4 is 0 Å². The van der Waals surface area contributed by atoms with Crippen LogP contribution in [0.1, 0.15) is 5.56 Å². The summed E-state index contributed by atoms with van der Waals surface area (Å²) in [5, 5.41) is 0. The summed E-state index contributed by atoms with van der Waals surface area (Å²) in [6.07, 6.45) is 0. The van der Waals surface area contributed by atoms with E-state index in [2.05, 4.69) is 15.9 Å². The lowest BCUT2D eigenvalue weighted by atomic mass is 10.2. The van der Waals surface area contributed by atoms with Crippen molar-refractivity contribution in [3.05, 3.63) is 34.3 Å². The molecule has 0 heterocycles. The maximum Gasteiger partial charge on any atom is 0.497 e. The quantitative estimate of drug-likeness (QED) is 0.842. The molecule has 0 aliphatic heterocycles. The highest BCUT2D eigenvalue weighted by Crippen LogP contribution is 2.28. The highest BCUT2D eigenvalue weighted by molar-refractivity contribution is 9.10. The SMILES string of the molecule is O=S(=O)(Cc1ccccc1Br)C(F)(F)F. The monoisotopic (exact) mass is 302 g/mol. The first-order valence-electron chi connectivity index (χ1n) is 3.76. The number of halogens is 4. The highest BCUT2D eigenvalue weighted by atomic mass is 79.9. The molecule has 0 spiro atoms. The van der Waals surface area contributed by atoms with Crippen LogP contribution in [0.2, 0.25) is 0 Å². The van der Waals surface area contributed by atoms with Gasteiger partial charge in [-0.25, -0.2) is 8.42 Å². The first kappa shape index (κ1) is 12.5. The molecule has 1 aromatic rings. The van der Waals surface area contributed by atoms with Crippen LogP contribution in [0, 0.1) is 0 Å². The lowest BCUT2D eigenvalue weighted by molar-refractivity contribution is -0.0437. The topological polar surface area (TPSA) is 34.1 Å². The number of rotatable bonds is 2. The van der Waals surface area contributed by atoms with Crippen molar-refractivity contribution >= 4 is 25.8 Å². The van der Waals surface area contributed by atoms with Gasteiger partial charge in [-0.3, -0.25) is 0 Å². The van der Waals surface area contributed by atoms with E-state index < -0.39 is 21.1 Å². The Morgan fingerprint density at radius 2 is 1.73 bits per heavy atom. The molecule has 2 nitrogen and oxygen atoms in total. The summed E-state index contributed by atoms with van der Waals surface area (Å²) < 4.78 is 58.1. The normalized spacial score (nSPS) is 12.8. The average Bonchev–Trinajstić information content (AvgIpc) is 2.06. The molecular formula is C8H6BrF3O2S. The van der Waals surface area contributed by atoms with Gasteiger partial charge in [0, 0.05) is 4.47 Å². The van der Waals surface area contributed by atoms with E-state index in [9.17, 15) is 21.6 Å². The molecule has 15 heavy (non-hydrogen) atoms. The Bertz CT molecular complexity index is 453. The summed E-state index contributed by atoms with van der Waals surface area (Å²) in [7, 11) is -5.10. The smallest absolute Gasteiger partial charge is 0.219 e. The van der Waals surface area contributed by atoms with Gasteiger partial charge in [-0.15, -0.1) is 0 Å². The number of alkyl halides is 3. The predicted molar refractivity (Wildman–Crippen MR) is 52.8 cm³/mol. The third kappa shape index (κ3) is 2.94. The molecule has 0 radical (unpaired) electrons. The van der Waals surface area contributed by atoms with Gasteiger partial charge in [0.2, 0.25) is 0 Å². The Morgan fingerprint density at radius 1 is 1.20 bits per heavy atom. The fourth-order valence-corrected chi connectivity index (χ4v) is 2.34. The van der Waals surface area contributed by atoms with Crippen LogP contribution in [0.4, 0.5) is 13.2 Å². The maximum absolute atomic E-state index is 12.0. The summed E-state index contributed by atoms with van der Waals surface area (Å²) in [6.45, 7) is 0.